The molecule has 162 valence electrons. The van der Waals surface area contributed by atoms with Gasteiger partial charge in [-0.1, -0.05) is 64.1 Å². The molecule has 0 aromatic heterocycles. The number of rotatable bonds is 12. The largest absolute Gasteiger partial charge is 0.481 e. The summed E-state index contributed by atoms with van der Waals surface area (Å²) in [4.78, 5) is 23.9. The van der Waals surface area contributed by atoms with Crippen molar-refractivity contribution in [1.82, 2.24) is 5.32 Å². The lowest BCUT2D eigenvalue weighted by atomic mass is 9.82. The van der Waals surface area contributed by atoms with Crippen LogP contribution in [-0.4, -0.2) is 45.4 Å². The lowest BCUT2D eigenvalue weighted by Gasteiger charge is -2.33. The van der Waals surface area contributed by atoms with Crippen LogP contribution in [0.4, 0.5) is 0 Å². The van der Waals surface area contributed by atoms with Gasteiger partial charge in [0.15, 0.2) is 0 Å². The minimum Gasteiger partial charge on any atom is -0.481 e. The molecule has 0 heterocycles. The van der Waals surface area contributed by atoms with E-state index < -0.39 is 36.0 Å². The number of amides is 1. The summed E-state index contributed by atoms with van der Waals surface area (Å²) in [6.07, 6.45) is 4.18. The fourth-order valence-corrected chi connectivity index (χ4v) is 4.18. The van der Waals surface area contributed by atoms with Crippen molar-refractivity contribution in [2.24, 2.45) is 17.8 Å². The van der Waals surface area contributed by atoms with E-state index in [-0.39, 0.29) is 23.8 Å². The quantitative estimate of drug-likeness (QED) is 0.389. The Balaban J connectivity index is 2.89. The molecule has 4 atom stereocenters. The number of carboxylic acid groups (broad SMARTS) is 1. The predicted molar refractivity (Wildman–Crippen MR) is 110 cm³/mol. The van der Waals surface area contributed by atoms with Gasteiger partial charge in [-0.2, -0.15) is 0 Å². The summed E-state index contributed by atoms with van der Waals surface area (Å²) in [5.74, 6) is -1.84. The molecule has 0 aliphatic heterocycles. The minimum absolute atomic E-state index is 0.0560. The van der Waals surface area contributed by atoms with Crippen LogP contribution in [0, 0.1) is 17.8 Å². The predicted octanol–water partition coefficient (Wildman–Crippen LogP) is 3.44. The molecule has 4 N–H and O–H groups in total. The summed E-state index contributed by atoms with van der Waals surface area (Å²) >= 11 is 5.81. The van der Waals surface area contributed by atoms with Crippen LogP contribution in [0.3, 0.4) is 0 Å². The summed E-state index contributed by atoms with van der Waals surface area (Å²) in [7, 11) is 0. The van der Waals surface area contributed by atoms with Crippen LogP contribution in [-0.2, 0) is 9.59 Å². The summed E-state index contributed by atoms with van der Waals surface area (Å²) < 4.78 is 0. The summed E-state index contributed by atoms with van der Waals surface area (Å²) in [5, 5.41) is 33.3. The highest BCUT2D eigenvalue weighted by Crippen LogP contribution is 2.29. The number of carbonyl (C=O) groups is 2. The minimum atomic E-state index is -1.10. The number of hydrogen-bond donors (Lipinski definition) is 4. The number of aliphatic hydroxyl groups excluding tert-OH is 2. The number of allylic oxidation sites excluding steroid dienone is 1. The molecule has 0 saturated heterocycles. The zero-order chi connectivity index (χ0) is 21.3. The molecule has 0 bridgehead atoms. The lowest BCUT2D eigenvalue weighted by molar-refractivity contribution is -0.141. The van der Waals surface area contributed by atoms with Gasteiger partial charge in [-0.25, -0.2) is 0 Å². The Morgan fingerprint density at radius 1 is 1.14 bits per heavy atom. The normalized spacial score (nSPS) is 19.6. The molecule has 7 heteroatoms. The Morgan fingerprint density at radius 3 is 2.25 bits per heavy atom. The molecular formula is C21H36ClNO5. The monoisotopic (exact) mass is 417 g/mol. The van der Waals surface area contributed by atoms with Crippen LogP contribution in [0.15, 0.2) is 11.6 Å². The number of halogens is 1. The second kappa shape index (κ2) is 12.5. The number of hydrogen-bond acceptors (Lipinski definition) is 4. The Bertz CT molecular complexity index is 503. The van der Waals surface area contributed by atoms with E-state index >= 15 is 0 Å². The summed E-state index contributed by atoms with van der Waals surface area (Å²) in [6, 6.07) is -0.621. The number of carboxylic acids is 1. The van der Waals surface area contributed by atoms with E-state index in [1.165, 1.54) is 6.42 Å². The molecule has 6 nitrogen and oxygen atoms in total. The first-order valence-corrected chi connectivity index (χ1v) is 10.7. The van der Waals surface area contributed by atoms with Crippen LogP contribution < -0.4 is 5.32 Å². The number of carbonyl (C=O) groups excluding carboxylic acids is 1. The lowest BCUT2D eigenvalue weighted by Crippen LogP contribution is -2.51. The Kier molecular flexibility index (Phi) is 11.1. The standard InChI is InChI=1S/C21H36ClNO5/c1-13(2)9-18(24)20(27)17(11-15-7-5-4-6-8-15)23-21(28)16(10-14(3)22)12-19(25)26/h13,15-18,20,24,27H,3-12H2,1-2H3,(H,23,28)(H,25,26)/t16-,17+,18-,20+/m1/s1. The highest BCUT2D eigenvalue weighted by atomic mass is 35.5. The first kappa shape index (κ1) is 24.9. The fourth-order valence-electron chi connectivity index (χ4n) is 3.99. The van der Waals surface area contributed by atoms with Crippen molar-refractivity contribution in [1.29, 1.82) is 0 Å². The molecule has 0 spiro atoms. The van der Waals surface area contributed by atoms with Crippen LogP contribution in [0.1, 0.15) is 71.6 Å². The molecule has 28 heavy (non-hydrogen) atoms. The van der Waals surface area contributed by atoms with Crippen molar-refractivity contribution in [3.63, 3.8) is 0 Å². The maximum Gasteiger partial charge on any atom is 0.304 e. The van der Waals surface area contributed by atoms with Crippen molar-refractivity contribution < 1.29 is 24.9 Å². The van der Waals surface area contributed by atoms with Gasteiger partial charge < -0.3 is 20.6 Å². The third kappa shape index (κ3) is 9.39. The molecule has 1 saturated carbocycles. The Hall–Kier alpha value is -1.11. The van der Waals surface area contributed by atoms with E-state index in [1.807, 2.05) is 13.8 Å². The molecule has 0 aromatic carbocycles. The van der Waals surface area contributed by atoms with Gasteiger partial charge >= 0.3 is 5.97 Å². The molecule has 1 aliphatic rings. The summed E-state index contributed by atoms with van der Waals surface area (Å²) in [5.41, 5.74) is 0. The maximum atomic E-state index is 12.7. The van der Waals surface area contributed by atoms with Crippen LogP contribution in [0.25, 0.3) is 0 Å². The SMILES string of the molecule is C=C(Cl)C[C@H](CC(=O)O)C(=O)N[C@@H](CC1CCCCC1)[C@H](O)[C@H](O)CC(C)C. The van der Waals surface area contributed by atoms with E-state index in [0.717, 1.165) is 25.7 Å². The fraction of sp³-hybridized carbons (Fsp3) is 0.810. The van der Waals surface area contributed by atoms with Gasteiger partial charge in [0.1, 0.15) is 6.10 Å². The third-order valence-corrected chi connectivity index (χ3v) is 5.57. The first-order chi connectivity index (χ1) is 13.1. The third-order valence-electron chi connectivity index (χ3n) is 5.42. The summed E-state index contributed by atoms with van der Waals surface area (Å²) in [6.45, 7) is 7.47. The van der Waals surface area contributed by atoms with E-state index in [2.05, 4.69) is 11.9 Å². The number of aliphatic hydroxyl groups is 2. The average molecular weight is 418 g/mol. The van der Waals surface area contributed by atoms with Crippen molar-refractivity contribution in [2.75, 3.05) is 0 Å². The van der Waals surface area contributed by atoms with Crippen molar-refractivity contribution in [3.8, 4) is 0 Å². The zero-order valence-corrected chi connectivity index (χ0v) is 17.8. The van der Waals surface area contributed by atoms with Gasteiger partial charge in [-0.3, -0.25) is 9.59 Å². The molecule has 1 aliphatic carbocycles. The van der Waals surface area contributed by atoms with Crippen LogP contribution in [0.5, 0.6) is 0 Å². The maximum absolute atomic E-state index is 12.7. The van der Waals surface area contributed by atoms with Crippen molar-refractivity contribution in [3.05, 3.63) is 11.6 Å². The van der Waals surface area contributed by atoms with E-state index in [9.17, 15) is 19.8 Å². The highest BCUT2D eigenvalue weighted by Gasteiger charge is 2.33. The van der Waals surface area contributed by atoms with Crippen molar-refractivity contribution >= 4 is 23.5 Å². The highest BCUT2D eigenvalue weighted by molar-refractivity contribution is 6.29. The zero-order valence-electron chi connectivity index (χ0n) is 17.1. The molecule has 0 radical (unpaired) electrons. The van der Waals surface area contributed by atoms with E-state index in [1.54, 1.807) is 0 Å². The first-order valence-electron chi connectivity index (χ1n) is 10.3. The molecular weight excluding hydrogens is 382 g/mol. The smallest absolute Gasteiger partial charge is 0.304 e. The molecule has 0 aromatic rings. The molecule has 1 rings (SSSR count). The topological polar surface area (TPSA) is 107 Å². The second-order valence-corrected chi connectivity index (χ2v) is 9.09. The number of nitrogens with one attached hydrogen (secondary N) is 1. The molecule has 0 unspecified atom stereocenters. The van der Waals surface area contributed by atoms with Crippen LogP contribution in [0.2, 0.25) is 0 Å². The van der Waals surface area contributed by atoms with Crippen molar-refractivity contribution in [2.45, 2.75) is 89.9 Å². The van der Waals surface area contributed by atoms with Gasteiger partial charge in [-0.15, -0.1) is 0 Å². The Morgan fingerprint density at radius 2 is 1.75 bits per heavy atom. The number of aliphatic carboxylic acids is 1. The van der Waals surface area contributed by atoms with E-state index in [4.69, 9.17) is 16.7 Å². The molecule has 1 fully saturated rings. The molecule has 1 amide bonds. The van der Waals surface area contributed by atoms with E-state index in [0.29, 0.717) is 18.8 Å². The average Bonchev–Trinajstić information content (AvgIpc) is 2.59. The second-order valence-electron chi connectivity index (χ2n) is 8.56. The van der Waals surface area contributed by atoms with Gasteiger partial charge in [0, 0.05) is 5.03 Å². The van der Waals surface area contributed by atoms with Gasteiger partial charge in [0.25, 0.3) is 0 Å². The van der Waals surface area contributed by atoms with Gasteiger partial charge in [0.2, 0.25) is 5.91 Å². The van der Waals surface area contributed by atoms with Gasteiger partial charge in [-0.05, 0) is 31.1 Å². The van der Waals surface area contributed by atoms with Gasteiger partial charge in [0.05, 0.1) is 24.5 Å². The Labute approximate surface area is 173 Å². The van der Waals surface area contributed by atoms with Crippen LogP contribution >= 0.6 is 11.6 Å².